The molecule has 36 heavy (non-hydrogen) atoms. The van der Waals surface area contributed by atoms with Crippen LogP contribution >= 0.6 is 0 Å². The van der Waals surface area contributed by atoms with Crippen molar-refractivity contribution in [2.24, 2.45) is 5.92 Å². The van der Waals surface area contributed by atoms with Crippen LogP contribution < -0.4 is 16.0 Å². The Bertz CT molecular complexity index is 896. The molecule has 1 rings (SSSR count). The zero-order chi connectivity index (χ0) is 27.3. The minimum absolute atomic E-state index is 0.0104. The number of alkyl carbamates (subject to hydrolysis) is 1. The quantitative estimate of drug-likeness (QED) is 0.295. The molecule has 0 heterocycles. The van der Waals surface area contributed by atoms with Crippen molar-refractivity contribution in [2.75, 3.05) is 6.54 Å². The monoisotopic (exact) mass is 507 g/mol. The van der Waals surface area contributed by atoms with Gasteiger partial charge in [-0.05, 0) is 45.1 Å². The van der Waals surface area contributed by atoms with Crippen LogP contribution in [-0.2, 0) is 35.3 Å². The average Bonchev–Trinajstić information content (AvgIpc) is 2.77. The van der Waals surface area contributed by atoms with Gasteiger partial charge in [0.15, 0.2) is 0 Å². The lowest BCUT2D eigenvalue weighted by Gasteiger charge is -2.24. The fraction of sp³-hybridized carbons (Fsp3) is 0.560. The van der Waals surface area contributed by atoms with Crippen molar-refractivity contribution in [2.45, 2.75) is 78.2 Å². The topological polar surface area (TPSA) is 160 Å². The summed E-state index contributed by atoms with van der Waals surface area (Å²) >= 11 is 0. The van der Waals surface area contributed by atoms with Crippen molar-refractivity contribution >= 4 is 29.8 Å². The summed E-state index contributed by atoms with van der Waals surface area (Å²) < 4.78 is 10.4. The molecule has 0 aliphatic rings. The van der Waals surface area contributed by atoms with E-state index in [1.807, 2.05) is 19.9 Å². The molecule has 0 bridgehead atoms. The van der Waals surface area contributed by atoms with Crippen LogP contribution in [0.15, 0.2) is 30.3 Å². The first-order valence-electron chi connectivity index (χ1n) is 11.8. The van der Waals surface area contributed by atoms with E-state index in [2.05, 4.69) is 16.0 Å². The van der Waals surface area contributed by atoms with Crippen LogP contribution in [0.5, 0.6) is 0 Å². The summed E-state index contributed by atoms with van der Waals surface area (Å²) in [7, 11) is 0. The normalized spacial score (nSPS) is 12.7. The number of nitrogens with one attached hydrogen (secondary N) is 3. The third kappa shape index (κ3) is 13.3. The number of hydrogen-bond donors (Lipinski definition) is 4. The Morgan fingerprint density at radius 1 is 0.944 bits per heavy atom. The van der Waals surface area contributed by atoms with Gasteiger partial charge in [-0.15, -0.1) is 0 Å². The SMILES string of the molecule is CC(C)C[C@H](NC(=O)OCc1ccccc1)C(=O)N[C@@H](CCC(=O)OC(C)(C)C)C(=O)NCC(=O)O. The number of carboxylic acid groups (broad SMARTS) is 1. The lowest BCUT2D eigenvalue weighted by Crippen LogP contribution is -2.54. The van der Waals surface area contributed by atoms with Crippen LogP contribution in [0, 0.1) is 5.92 Å². The number of esters is 1. The summed E-state index contributed by atoms with van der Waals surface area (Å²) in [5, 5.41) is 16.1. The molecule has 0 saturated heterocycles. The second-order valence-electron chi connectivity index (χ2n) is 9.69. The van der Waals surface area contributed by atoms with Gasteiger partial charge in [0.25, 0.3) is 0 Å². The zero-order valence-corrected chi connectivity index (χ0v) is 21.5. The van der Waals surface area contributed by atoms with Crippen molar-refractivity contribution in [1.29, 1.82) is 0 Å². The summed E-state index contributed by atoms with van der Waals surface area (Å²) in [6.45, 7) is 8.16. The Kier molecular flexibility index (Phi) is 12.4. The van der Waals surface area contributed by atoms with Crippen LogP contribution in [0.2, 0.25) is 0 Å². The average molecular weight is 508 g/mol. The van der Waals surface area contributed by atoms with E-state index < -0.39 is 54.1 Å². The van der Waals surface area contributed by atoms with Crippen molar-refractivity contribution in [1.82, 2.24) is 16.0 Å². The lowest BCUT2D eigenvalue weighted by atomic mass is 10.0. The summed E-state index contributed by atoms with van der Waals surface area (Å²) in [5.41, 5.74) is 0.0446. The molecule has 1 aromatic carbocycles. The number of rotatable bonds is 13. The number of hydrogen-bond acceptors (Lipinski definition) is 7. The van der Waals surface area contributed by atoms with Gasteiger partial charge < -0.3 is 30.5 Å². The van der Waals surface area contributed by atoms with Gasteiger partial charge in [0.2, 0.25) is 11.8 Å². The van der Waals surface area contributed by atoms with E-state index >= 15 is 0 Å². The molecular weight excluding hydrogens is 470 g/mol. The molecule has 1 aromatic rings. The van der Waals surface area contributed by atoms with Crippen LogP contribution in [0.4, 0.5) is 4.79 Å². The molecule has 11 heteroatoms. The zero-order valence-electron chi connectivity index (χ0n) is 21.5. The van der Waals surface area contributed by atoms with Crippen molar-refractivity contribution in [3.8, 4) is 0 Å². The summed E-state index contributed by atoms with van der Waals surface area (Å²) in [4.78, 5) is 60.9. The summed E-state index contributed by atoms with van der Waals surface area (Å²) in [6.07, 6.45) is -0.870. The molecule has 0 spiro atoms. The highest BCUT2D eigenvalue weighted by Gasteiger charge is 2.29. The van der Waals surface area contributed by atoms with E-state index in [-0.39, 0.29) is 31.8 Å². The molecule has 11 nitrogen and oxygen atoms in total. The fourth-order valence-corrected chi connectivity index (χ4v) is 3.09. The number of carbonyl (C=O) groups is 5. The van der Waals surface area contributed by atoms with Gasteiger partial charge in [-0.25, -0.2) is 4.79 Å². The van der Waals surface area contributed by atoms with Crippen LogP contribution in [0.3, 0.4) is 0 Å². The smallest absolute Gasteiger partial charge is 0.408 e. The summed E-state index contributed by atoms with van der Waals surface area (Å²) in [6, 6.07) is 6.77. The first kappa shape index (κ1) is 30.4. The second-order valence-corrected chi connectivity index (χ2v) is 9.69. The summed E-state index contributed by atoms with van der Waals surface area (Å²) in [5.74, 6) is -3.27. The van der Waals surface area contributed by atoms with Gasteiger partial charge in [0, 0.05) is 6.42 Å². The third-order valence-corrected chi connectivity index (χ3v) is 4.63. The van der Waals surface area contributed by atoms with Gasteiger partial charge in [-0.3, -0.25) is 19.2 Å². The van der Waals surface area contributed by atoms with Crippen molar-refractivity contribution in [3.05, 3.63) is 35.9 Å². The molecule has 200 valence electrons. The predicted molar refractivity (Wildman–Crippen MR) is 131 cm³/mol. The van der Waals surface area contributed by atoms with E-state index in [1.54, 1.807) is 45.0 Å². The number of amides is 3. The van der Waals surface area contributed by atoms with E-state index in [4.69, 9.17) is 14.6 Å². The first-order valence-corrected chi connectivity index (χ1v) is 11.8. The highest BCUT2D eigenvalue weighted by atomic mass is 16.6. The Hall–Kier alpha value is -3.63. The number of ether oxygens (including phenoxy) is 2. The Morgan fingerprint density at radius 3 is 2.14 bits per heavy atom. The van der Waals surface area contributed by atoms with Gasteiger partial charge in [-0.2, -0.15) is 0 Å². The molecule has 0 aliphatic heterocycles. The number of benzene rings is 1. The molecule has 3 amide bonds. The maximum atomic E-state index is 13.0. The molecule has 0 aromatic heterocycles. The maximum absolute atomic E-state index is 13.0. The van der Waals surface area contributed by atoms with Gasteiger partial charge in [0.1, 0.15) is 30.8 Å². The van der Waals surface area contributed by atoms with Gasteiger partial charge >= 0.3 is 18.0 Å². The van der Waals surface area contributed by atoms with E-state index in [9.17, 15) is 24.0 Å². The van der Waals surface area contributed by atoms with E-state index in [0.717, 1.165) is 5.56 Å². The minimum Gasteiger partial charge on any atom is -0.480 e. The largest absolute Gasteiger partial charge is 0.480 e. The Labute approximate surface area is 211 Å². The van der Waals surface area contributed by atoms with E-state index in [0.29, 0.717) is 0 Å². The van der Waals surface area contributed by atoms with Crippen LogP contribution in [0.25, 0.3) is 0 Å². The molecule has 0 saturated carbocycles. The predicted octanol–water partition coefficient (Wildman–Crippen LogP) is 2.14. The molecule has 0 unspecified atom stereocenters. The lowest BCUT2D eigenvalue weighted by molar-refractivity contribution is -0.155. The van der Waals surface area contributed by atoms with Crippen LogP contribution in [0.1, 0.15) is 59.4 Å². The maximum Gasteiger partial charge on any atom is 0.408 e. The highest BCUT2D eigenvalue weighted by molar-refractivity contribution is 5.92. The molecule has 0 aliphatic carbocycles. The van der Waals surface area contributed by atoms with Crippen LogP contribution in [-0.4, -0.2) is 59.2 Å². The van der Waals surface area contributed by atoms with Crippen molar-refractivity contribution < 1.29 is 38.6 Å². The molecule has 2 atom stereocenters. The Morgan fingerprint density at radius 2 is 1.58 bits per heavy atom. The molecule has 4 N–H and O–H groups in total. The number of carbonyl (C=O) groups excluding carboxylic acids is 4. The minimum atomic E-state index is -1.26. The highest BCUT2D eigenvalue weighted by Crippen LogP contribution is 2.11. The van der Waals surface area contributed by atoms with Gasteiger partial charge in [0.05, 0.1) is 0 Å². The standard InChI is InChI=1S/C25H37N3O8/c1-16(2)13-19(28-24(34)35-15-17-9-7-6-8-10-17)23(33)27-18(22(32)26-14-20(29)30)11-12-21(31)36-25(3,4)5/h6-10,16,18-19H,11-15H2,1-5H3,(H,26,32)(H,27,33)(H,28,34)(H,29,30)/t18-,19-/m0/s1. The van der Waals surface area contributed by atoms with E-state index in [1.165, 1.54) is 0 Å². The fourth-order valence-electron chi connectivity index (χ4n) is 3.09. The third-order valence-electron chi connectivity index (χ3n) is 4.63. The van der Waals surface area contributed by atoms with Crippen molar-refractivity contribution in [3.63, 3.8) is 0 Å². The second kappa shape index (κ2) is 14.7. The molecule has 0 radical (unpaired) electrons. The first-order chi connectivity index (χ1) is 16.8. The van der Waals surface area contributed by atoms with Gasteiger partial charge in [-0.1, -0.05) is 44.2 Å². The Balaban J connectivity index is 2.86. The molecular formula is C25H37N3O8. The number of carboxylic acids is 1. The number of aliphatic carboxylic acids is 1. The molecule has 0 fully saturated rings.